The number of nitriles is 1. The van der Waals surface area contributed by atoms with Gasteiger partial charge in [-0.25, -0.2) is 4.79 Å². The molecule has 0 spiro atoms. The SMILES string of the molecule is CCCCCCOc1ccc(N(c2ccc(OCCCCCC)cc2)c2ccc(-c3ccc(-c4ccc(-c5ccc(/C=C(/C#N)C(=O)O)s5)s4)s3)cc2)cc1. The van der Waals surface area contributed by atoms with Crippen molar-refractivity contribution in [1.29, 1.82) is 5.26 Å². The fraction of sp³-hybridized carbons (Fsp3) is 0.261. The fourth-order valence-electron chi connectivity index (χ4n) is 6.12. The third kappa shape index (κ3) is 10.8. The molecule has 0 aliphatic rings. The van der Waals surface area contributed by atoms with E-state index in [0.29, 0.717) is 0 Å². The summed E-state index contributed by atoms with van der Waals surface area (Å²) in [6.45, 7) is 5.91. The highest BCUT2D eigenvalue weighted by molar-refractivity contribution is 7.27. The van der Waals surface area contributed by atoms with Crippen molar-refractivity contribution in [3.05, 3.63) is 120 Å². The van der Waals surface area contributed by atoms with Crippen LogP contribution < -0.4 is 14.4 Å². The van der Waals surface area contributed by atoms with Crippen molar-refractivity contribution >= 4 is 63.1 Å². The number of thiophene rings is 3. The van der Waals surface area contributed by atoms with Crippen molar-refractivity contribution in [2.75, 3.05) is 18.1 Å². The molecule has 55 heavy (non-hydrogen) atoms. The van der Waals surface area contributed by atoms with Gasteiger partial charge in [0.15, 0.2) is 0 Å². The number of carboxylic acids is 1. The molecular weight excluding hydrogens is 741 g/mol. The number of benzene rings is 3. The van der Waals surface area contributed by atoms with Gasteiger partial charge in [-0.05, 0) is 122 Å². The third-order valence-corrected chi connectivity index (χ3v) is 12.7. The van der Waals surface area contributed by atoms with E-state index in [9.17, 15) is 9.90 Å². The molecule has 1 N–H and O–H groups in total. The van der Waals surface area contributed by atoms with Gasteiger partial charge in [0.25, 0.3) is 0 Å². The zero-order valence-electron chi connectivity index (χ0n) is 31.3. The molecule has 0 unspecified atom stereocenters. The Labute approximate surface area is 336 Å². The van der Waals surface area contributed by atoms with Crippen LogP contribution in [0.15, 0.2) is 115 Å². The van der Waals surface area contributed by atoms with Crippen LogP contribution in [0.5, 0.6) is 11.5 Å². The summed E-state index contributed by atoms with van der Waals surface area (Å²) in [5.41, 5.74) is 4.03. The lowest BCUT2D eigenvalue weighted by Crippen LogP contribution is -2.10. The maximum atomic E-state index is 11.3. The summed E-state index contributed by atoms with van der Waals surface area (Å²) in [6.07, 6.45) is 10.8. The van der Waals surface area contributed by atoms with Crippen molar-refractivity contribution in [2.24, 2.45) is 0 Å². The van der Waals surface area contributed by atoms with Gasteiger partial charge in [0, 0.05) is 46.3 Å². The lowest BCUT2D eigenvalue weighted by molar-refractivity contribution is -0.132. The van der Waals surface area contributed by atoms with Gasteiger partial charge in [-0.2, -0.15) is 5.26 Å². The van der Waals surface area contributed by atoms with Crippen LogP contribution in [0, 0.1) is 11.3 Å². The molecule has 0 bridgehead atoms. The second-order valence-electron chi connectivity index (χ2n) is 13.2. The number of ether oxygens (including phenoxy) is 2. The van der Waals surface area contributed by atoms with E-state index in [4.69, 9.17) is 14.7 Å². The molecule has 6 nitrogen and oxygen atoms in total. The highest BCUT2D eigenvalue weighted by Gasteiger charge is 2.15. The Bertz CT molecular complexity index is 2130. The molecule has 282 valence electrons. The van der Waals surface area contributed by atoms with Crippen LogP contribution >= 0.6 is 34.0 Å². The van der Waals surface area contributed by atoms with Crippen molar-refractivity contribution in [3.8, 4) is 47.5 Å². The summed E-state index contributed by atoms with van der Waals surface area (Å²) in [6, 6.07) is 39.6. The quantitative estimate of drug-likeness (QED) is 0.0471. The minimum absolute atomic E-state index is 0.271. The zero-order chi connectivity index (χ0) is 38.4. The minimum Gasteiger partial charge on any atom is -0.494 e. The average Bonchev–Trinajstić information content (AvgIpc) is 4.00. The number of carboxylic acid groups (broad SMARTS) is 1. The summed E-state index contributed by atoms with van der Waals surface area (Å²) in [5, 5.41) is 18.3. The van der Waals surface area contributed by atoms with Crippen LogP contribution in [0.25, 0.3) is 36.0 Å². The highest BCUT2D eigenvalue weighted by Crippen LogP contribution is 2.43. The summed E-state index contributed by atoms with van der Waals surface area (Å²) in [4.78, 5) is 20.0. The van der Waals surface area contributed by atoms with Gasteiger partial charge < -0.3 is 19.5 Å². The Balaban J connectivity index is 1.18. The standard InChI is InChI=1S/C46H46N2O4S3/c1-3-5-7-9-29-51-38-19-15-36(16-20-38)48(37-17-21-39(22-18-37)52-30-10-8-6-4-2)35-13-11-33(12-14-35)41-25-26-44(54-41)45-28-27-43(55-45)42-24-23-40(53-42)31-34(32-47)46(49)50/h11-28,31H,3-10,29-30H2,1-2H3,(H,49,50)/b34-31-. The smallest absolute Gasteiger partial charge is 0.346 e. The molecule has 0 aliphatic heterocycles. The molecule has 3 heterocycles. The van der Waals surface area contributed by atoms with Crippen LogP contribution in [-0.2, 0) is 4.79 Å². The first kappa shape index (κ1) is 39.6. The predicted octanol–water partition coefficient (Wildman–Crippen LogP) is 14.3. The largest absolute Gasteiger partial charge is 0.494 e. The molecule has 0 saturated carbocycles. The van der Waals surface area contributed by atoms with E-state index in [1.807, 2.05) is 12.1 Å². The van der Waals surface area contributed by atoms with Crippen molar-refractivity contribution in [2.45, 2.75) is 65.2 Å². The molecule has 0 fully saturated rings. The number of hydrogen-bond acceptors (Lipinski definition) is 8. The van der Waals surface area contributed by atoms with E-state index < -0.39 is 5.97 Å². The summed E-state index contributed by atoms with van der Waals surface area (Å²) >= 11 is 4.94. The Morgan fingerprint density at radius 3 is 1.51 bits per heavy atom. The van der Waals surface area contributed by atoms with Crippen LogP contribution in [0.4, 0.5) is 17.1 Å². The predicted molar refractivity (Wildman–Crippen MR) is 232 cm³/mol. The molecule has 6 rings (SSSR count). The molecule has 0 amide bonds. The van der Waals surface area contributed by atoms with E-state index in [-0.39, 0.29) is 5.57 Å². The van der Waals surface area contributed by atoms with E-state index >= 15 is 0 Å². The number of aliphatic carboxylic acids is 1. The van der Waals surface area contributed by atoms with Crippen molar-refractivity contribution < 1.29 is 19.4 Å². The number of anilines is 3. The number of rotatable bonds is 20. The maximum Gasteiger partial charge on any atom is 0.346 e. The first-order valence-corrected chi connectivity index (χ1v) is 21.4. The number of carbonyl (C=O) groups is 1. The van der Waals surface area contributed by atoms with Crippen LogP contribution in [0.1, 0.15) is 70.1 Å². The number of unbranched alkanes of at least 4 members (excludes halogenated alkanes) is 6. The van der Waals surface area contributed by atoms with Crippen LogP contribution in [0.3, 0.4) is 0 Å². The van der Waals surface area contributed by atoms with Crippen molar-refractivity contribution in [1.82, 2.24) is 0 Å². The Kier molecular flexibility index (Phi) is 14.4. The van der Waals surface area contributed by atoms with Gasteiger partial charge in [0.1, 0.15) is 23.1 Å². The fourth-order valence-corrected chi connectivity index (χ4v) is 9.27. The molecule has 9 heteroatoms. The number of hydrogen-bond donors (Lipinski definition) is 1. The zero-order valence-corrected chi connectivity index (χ0v) is 33.8. The van der Waals surface area contributed by atoms with Gasteiger partial charge in [0.05, 0.1) is 13.2 Å². The second kappa shape index (κ2) is 20.0. The average molecular weight is 787 g/mol. The van der Waals surface area contributed by atoms with E-state index in [1.54, 1.807) is 28.7 Å². The summed E-state index contributed by atoms with van der Waals surface area (Å²) in [5.74, 6) is 0.552. The lowest BCUT2D eigenvalue weighted by Gasteiger charge is -2.26. The first-order valence-electron chi connectivity index (χ1n) is 19.0. The molecular formula is C46H46N2O4S3. The Morgan fingerprint density at radius 2 is 1.04 bits per heavy atom. The summed E-state index contributed by atoms with van der Waals surface area (Å²) in [7, 11) is 0. The van der Waals surface area contributed by atoms with Gasteiger partial charge in [-0.15, -0.1) is 34.0 Å². The van der Waals surface area contributed by atoms with Crippen molar-refractivity contribution in [3.63, 3.8) is 0 Å². The normalized spacial score (nSPS) is 11.3. The van der Waals surface area contributed by atoms with Crippen LogP contribution in [-0.4, -0.2) is 24.3 Å². The molecule has 6 aromatic rings. The Morgan fingerprint density at radius 1 is 0.600 bits per heavy atom. The van der Waals surface area contributed by atoms with Gasteiger partial charge in [-0.1, -0.05) is 64.5 Å². The monoisotopic (exact) mass is 786 g/mol. The van der Waals surface area contributed by atoms with Crippen LogP contribution in [0.2, 0.25) is 0 Å². The third-order valence-electron chi connectivity index (χ3n) is 9.10. The topological polar surface area (TPSA) is 82.8 Å². The molecule has 0 aliphatic carbocycles. The molecule has 3 aromatic carbocycles. The minimum atomic E-state index is -1.22. The maximum absolute atomic E-state index is 11.3. The lowest BCUT2D eigenvalue weighted by atomic mass is 10.1. The molecule has 0 radical (unpaired) electrons. The van der Waals surface area contributed by atoms with E-state index in [2.05, 4.69) is 116 Å². The van der Waals surface area contributed by atoms with E-state index in [0.717, 1.165) is 74.8 Å². The second-order valence-corrected chi connectivity index (χ2v) is 16.5. The number of nitrogens with zero attached hydrogens (tertiary/aromatic N) is 2. The van der Waals surface area contributed by atoms with Gasteiger partial charge >= 0.3 is 5.97 Å². The summed E-state index contributed by atoms with van der Waals surface area (Å²) < 4.78 is 12.1. The molecule has 0 saturated heterocycles. The van der Waals surface area contributed by atoms with Gasteiger partial charge in [-0.3, -0.25) is 0 Å². The highest BCUT2D eigenvalue weighted by atomic mass is 32.1. The van der Waals surface area contributed by atoms with E-state index in [1.165, 1.54) is 70.6 Å². The molecule has 0 atom stereocenters. The first-order chi connectivity index (χ1) is 26.9. The molecule has 3 aromatic heterocycles. The van der Waals surface area contributed by atoms with Gasteiger partial charge in [0.2, 0.25) is 0 Å². The Hall–Kier alpha value is -5.14.